The van der Waals surface area contributed by atoms with E-state index in [1.54, 1.807) is 0 Å². The molecule has 1 fully saturated rings. The van der Waals surface area contributed by atoms with Crippen molar-refractivity contribution in [1.29, 1.82) is 0 Å². The molecule has 1 aliphatic heterocycles. The van der Waals surface area contributed by atoms with E-state index in [4.69, 9.17) is 5.73 Å². The van der Waals surface area contributed by atoms with Gasteiger partial charge in [0.2, 0.25) is 0 Å². The third kappa shape index (κ3) is 4.05. The van der Waals surface area contributed by atoms with Crippen molar-refractivity contribution in [2.45, 2.75) is 50.5 Å². The van der Waals surface area contributed by atoms with Crippen molar-refractivity contribution in [3.05, 3.63) is 12.2 Å². The van der Waals surface area contributed by atoms with Crippen LogP contribution < -0.4 is 10.5 Å². The molecule has 2 rings (SSSR count). The quantitative estimate of drug-likeness (QED) is 0.650. The lowest BCUT2D eigenvalue weighted by molar-refractivity contribution is -0.121. The Bertz CT molecular complexity index is 518. The van der Waals surface area contributed by atoms with Gasteiger partial charge >= 0.3 is 10.2 Å². The summed E-state index contributed by atoms with van der Waals surface area (Å²) in [5.41, 5.74) is 4.93. The van der Waals surface area contributed by atoms with Gasteiger partial charge in [-0.15, -0.1) is 0 Å². The molecule has 0 bridgehead atoms. The van der Waals surface area contributed by atoms with Gasteiger partial charge in [-0.2, -0.15) is 12.7 Å². The van der Waals surface area contributed by atoms with Crippen LogP contribution in [0.5, 0.6) is 0 Å². The summed E-state index contributed by atoms with van der Waals surface area (Å²) in [6.45, 7) is 0.419. The van der Waals surface area contributed by atoms with Gasteiger partial charge in [0.25, 0.3) is 5.91 Å². The van der Waals surface area contributed by atoms with E-state index in [-0.39, 0.29) is 5.92 Å². The Balaban J connectivity index is 2.07. The minimum atomic E-state index is -3.78. The Kier molecular flexibility index (Phi) is 5.06. The lowest BCUT2D eigenvalue weighted by Gasteiger charge is -2.19. The first-order valence-electron chi connectivity index (χ1n) is 7.60. The summed E-state index contributed by atoms with van der Waals surface area (Å²) in [4.78, 5) is 12.1. The molecule has 1 amide bonds. The Morgan fingerprint density at radius 2 is 1.95 bits per heavy atom. The molecule has 7 heteroatoms. The molecule has 2 atom stereocenters. The van der Waals surface area contributed by atoms with E-state index in [0.29, 0.717) is 13.0 Å². The smallest absolute Gasteiger partial charge is 0.303 e. The summed E-state index contributed by atoms with van der Waals surface area (Å²) in [7, 11) is -2.30. The van der Waals surface area contributed by atoms with E-state index in [1.807, 2.05) is 6.08 Å². The molecule has 1 saturated carbocycles. The van der Waals surface area contributed by atoms with Crippen molar-refractivity contribution in [3.8, 4) is 0 Å². The number of allylic oxidation sites excluding steroid dienone is 1. The molecule has 3 N–H and O–H groups in total. The summed E-state index contributed by atoms with van der Waals surface area (Å²) in [5, 5.41) is 0. The average Bonchev–Trinajstić information content (AvgIpc) is 3.07. The molecule has 1 heterocycles. The van der Waals surface area contributed by atoms with Gasteiger partial charge < -0.3 is 5.73 Å². The van der Waals surface area contributed by atoms with Crippen LogP contribution in [-0.2, 0) is 15.0 Å². The first-order chi connectivity index (χ1) is 9.86. The largest absolute Gasteiger partial charge is 0.317 e. The van der Waals surface area contributed by atoms with Crippen LogP contribution >= 0.6 is 0 Å². The molecular formula is C14H25N3O3S. The van der Waals surface area contributed by atoms with Gasteiger partial charge in [-0.05, 0) is 25.7 Å². The lowest BCUT2D eigenvalue weighted by atomic mass is 10.1. The highest BCUT2D eigenvalue weighted by molar-refractivity contribution is 7.87. The number of carbonyl (C=O) groups excluding carboxylic acids is 1. The number of nitrogens with two attached hydrogens (primary N) is 1. The molecule has 0 aromatic heterocycles. The molecule has 0 aromatic rings. The van der Waals surface area contributed by atoms with Crippen LogP contribution in [0.1, 0.15) is 44.9 Å². The van der Waals surface area contributed by atoms with Crippen molar-refractivity contribution in [2.24, 2.45) is 11.7 Å². The maximum Gasteiger partial charge on any atom is 0.303 e. The zero-order chi connectivity index (χ0) is 15.5. The molecule has 6 nitrogen and oxygen atoms in total. The van der Waals surface area contributed by atoms with Crippen LogP contribution in [0.15, 0.2) is 12.2 Å². The molecule has 0 aromatic carbocycles. The Morgan fingerprint density at radius 3 is 2.71 bits per heavy atom. The third-order valence-corrected chi connectivity index (χ3v) is 5.77. The monoisotopic (exact) mass is 315 g/mol. The fraction of sp³-hybridized carbons (Fsp3) is 0.786. The minimum Gasteiger partial charge on any atom is -0.317 e. The summed E-state index contributed by atoms with van der Waals surface area (Å²) in [6.07, 6.45) is 10.7. The molecule has 0 radical (unpaired) electrons. The average molecular weight is 315 g/mol. The summed E-state index contributed by atoms with van der Waals surface area (Å²) < 4.78 is 27.5. The highest BCUT2D eigenvalue weighted by Gasteiger charge is 2.56. The molecule has 0 unspecified atom stereocenters. The molecule has 21 heavy (non-hydrogen) atoms. The van der Waals surface area contributed by atoms with E-state index in [9.17, 15) is 13.2 Å². The van der Waals surface area contributed by atoms with Crippen molar-refractivity contribution >= 4 is 16.1 Å². The fourth-order valence-electron chi connectivity index (χ4n) is 2.60. The SMILES string of the molecule is CN1CCCCCCC/C=C\[C@@H]2C[C@]2(N)C(=O)NS1(=O)=O. The second-order valence-electron chi connectivity index (χ2n) is 6.09. The number of carbonyl (C=O) groups is 1. The standard InChI is InChI=1S/C14H25N3O3S/c1-17-10-8-6-4-2-3-5-7-9-12-11-14(12,15)13(18)16-21(17,19)20/h7,9,12H,2-6,8,10-11,15H2,1H3,(H,16,18)/b9-7-/t12-,14-/m1/s1. The Morgan fingerprint density at radius 1 is 1.29 bits per heavy atom. The highest BCUT2D eigenvalue weighted by Crippen LogP contribution is 2.42. The van der Waals surface area contributed by atoms with E-state index in [2.05, 4.69) is 10.8 Å². The van der Waals surface area contributed by atoms with Gasteiger partial charge in [-0.25, -0.2) is 4.72 Å². The number of rotatable bonds is 0. The highest BCUT2D eigenvalue weighted by atomic mass is 32.2. The second kappa shape index (κ2) is 6.46. The topological polar surface area (TPSA) is 92.5 Å². The first-order valence-corrected chi connectivity index (χ1v) is 9.04. The summed E-state index contributed by atoms with van der Waals surface area (Å²) in [6, 6.07) is 0. The van der Waals surface area contributed by atoms with Crippen molar-refractivity contribution in [3.63, 3.8) is 0 Å². The van der Waals surface area contributed by atoms with E-state index < -0.39 is 21.7 Å². The fourth-order valence-corrected chi connectivity index (χ4v) is 3.55. The van der Waals surface area contributed by atoms with Crippen LogP contribution in [0.2, 0.25) is 0 Å². The molecule has 1 aliphatic carbocycles. The predicted molar refractivity (Wildman–Crippen MR) is 81.6 cm³/mol. The first kappa shape index (κ1) is 16.5. The summed E-state index contributed by atoms with van der Waals surface area (Å²) in [5.74, 6) is -0.651. The third-order valence-electron chi connectivity index (χ3n) is 4.33. The number of amides is 1. The van der Waals surface area contributed by atoms with E-state index >= 15 is 0 Å². The van der Waals surface area contributed by atoms with Gasteiger partial charge in [0, 0.05) is 19.5 Å². The van der Waals surface area contributed by atoms with Crippen LogP contribution in [0.3, 0.4) is 0 Å². The van der Waals surface area contributed by atoms with Crippen LogP contribution in [0, 0.1) is 5.92 Å². The minimum absolute atomic E-state index is 0.0527. The summed E-state index contributed by atoms with van der Waals surface area (Å²) >= 11 is 0. The van der Waals surface area contributed by atoms with Crippen molar-refractivity contribution in [1.82, 2.24) is 9.03 Å². The normalized spacial score (nSPS) is 36.7. The maximum atomic E-state index is 12.1. The Hall–Kier alpha value is -0.920. The van der Waals surface area contributed by atoms with Gasteiger partial charge in [0.15, 0.2) is 0 Å². The maximum absolute atomic E-state index is 12.1. The lowest BCUT2D eigenvalue weighted by Crippen LogP contribution is -2.50. The van der Waals surface area contributed by atoms with Gasteiger partial charge in [-0.3, -0.25) is 4.79 Å². The van der Waals surface area contributed by atoms with Crippen LogP contribution in [-0.4, -0.2) is 37.8 Å². The zero-order valence-electron chi connectivity index (χ0n) is 12.5. The number of hydrogen-bond donors (Lipinski definition) is 2. The van der Waals surface area contributed by atoms with E-state index in [1.165, 1.54) is 11.4 Å². The molecule has 2 aliphatic rings. The number of fused-ring (bicyclic) bond motifs is 1. The van der Waals surface area contributed by atoms with Gasteiger partial charge in [-0.1, -0.05) is 31.4 Å². The van der Waals surface area contributed by atoms with Gasteiger partial charge in [0.1, 0.15) is 5.54 Å². The predicted octanol–water partition coefficient (Wildman–Crippen LogP) is 0.907. The number of nitrogens with one attached hydrogen (secondary N) is 1. The molecule has 0 spiro atoms. The Labute approximate surface area is 126 Å². The second-order valence-corrected chi connectivity index (χ2v) is 7.87. The molecular weight excluding hydrogens is 290 g/mol. The number of hydrogen-bond acceptors (Lipinski definition) is 4. The van der Waals surface area contributed by atoms with Crippen LogP contribution in [0.25, 0.3) is 0 Å². The zero-order valence-corrected chi connectivity index (χ0v) is 13.4. The molecule has 120 valence electrons. The van der Waals surface area contributed by atoms with Crippen molar-refractivity contribution < 1.29 is 13.2 Å². The van der Waals surface area contributed by atoms with Gasteiger partial charge in [0.05, 0.1) is 0 Å². The molecule has 0 saturated heterocycles. The number of nitrogens with zero attached hydrogens (tertiary/aromatic N) is 1. The van der Waals surface area contributed by atoms with E-state index in [0.717, 1.165) is 38.5 Å². The van der Waals surface area contributed by atoms with Crippen molar-refractivity contribution in [2.75, 3.05) is 13.6 Å². The van der Waals surface area contributed by atoms with Crippen LogP contribution in [0.4, 0.5) is 0 Å².